The van der Waals surface area contributed by atoms with Crippen LogP contribution in [0.3, 0.4) is 0 Å². The zero-order valence-corrected chi connectivity index (χ0v) is 10.1. The maximum absolute atomic E-state index is 13.0. The predicted octanol–water partition coefficient (Wildman–Crippen LogP) is 1.82. The van der Waals surface area contributed by atoms with Gasteiger partial charge in [-0.05, 0) is 25.1 Å². The maximum atomic E-state index is 13.0. The summed E-state index contributed by atoms with van der Waals surface area (Å²) in [4.78, 5) is 8.07. The molecule has 0 saturated heterocycles. The van der Waals surface area contributed by atoms with Crippen molar-refractivity contribution in [3.8, 4) is 6.07 Å². The molecule has 0 radical (unpaired) electrons. The highest BCUT2D eigenvalue weighted by Gasteiger charge is 2.08. The van der Waals surface area contributed by atoms with E-state index in [4.69, 9.17) is 11.1 Å². The van der Waals surface area contributed by atoms with Crippen molar-refractivity contribution in [1.82, 2.24) is 9.97 Å². The van der Waals surface area contributed by atoms with Crippen LogP contribution in [0.25, 0.3) is 0 Å². The van der Waals surface area contributed by atoms with E-state index in [2.05, 4.69) is 20.7 Å². The largest absolute Gasteiger partial charge is 0.339 e. The van der Waals surface area contributed by atoms with Gasteiger partial charge in [-0.1, -0.05) is 0 Å². The van der Waals surface area contributed by atoms with Crippen molar-refractivity contribution < 1.29 is 4.39 Å². The summed E-state index contributed by atoms with van der Waals surface area (Å²) in [5.74, 6) is 5.50. The fraction of sp³-hybridized carbons (Fsp3) is 0.0833. The number of nitriles is 1. The van der Waals surface area contributed by atoms with E-state index in [-0.39, 0.29) is 11.5 Å². The lowest BCUT2D eigenvalue weighted by Crippen LogP contribution is -2.11. The molecule has 0 fully saturated rings. The van der Waals surface area contributed by atoms with Crippen LogP contribution in [0.15, 0.2) is 24.4 Å². The van der Waals surface area contributed by atoms with E-state index < -0.39 is 5.82 Å². The topological polar surface area (TPSA) is 99.7 Å². The molecule has 2 aromatic rings. The van der Waals surface area contributed by atoms with Gasteiger partial charge < -0.3 is 5.32 Å². The number of nitrogens with one attached hydrogen (secondary N) is 2. The van der Waals surface area contributed by atoms with Crippen LogP contribution in [0.4, 0.5) is 21.8 Å². The van der Waals surface area contributed by atoms with E-state index in [1.807, 2.05) is 6.07 Å². The van der Waals surface area contributed by atoms with Crippen molar-refractivity contribution in [2.75, 3.05) is 10.7 Å². The SMILES string of the molecule is Cc1cnc(NN)nc1Nc1ccc(F)cc1C#N. The molecule has 96 valence electrons. The lowest BCUT2D eigenvalue weighted by molar-refractivity contribution is 0.627. The van der Waals surface area contributed by atoms with Gasteiger partial charge in [-0.2, -0.15) is 10.2 Å². The highest BCUT2D eigenvalue weighted by atomic mass is 19.1. The molecular weight excluding hydrogens is 247 g/mol. The first kappa shape index (κ1) is 12.7. The standard InChI is InChI=1S/C12H11FN6/c1-7-6-16-12(19-15)18-11(7)17-10-3-2-9(13)4-8(10)5-14/h2-4,6H,15H2,1H3,(H2,16,17,18,19). The summed E-state index contributed by atoms with van der Waals surface area (Å²) in [6.07, 6.45) is 1.58. The van der Waals surface area contributed by atoms with E-state index in [9.17, 15) is 4.39 Å². The minimum absolute atomic E-state index is 0.195. The Morgan fingerprint density at radius 1 is 1.42 bits per heavy atom. The Bertz CT molecular complexity index is 649. The van der Waals surface area contributed by atoms with Crippen molar-refractivity contribution in [2.24, 2.45) is 5.84 Å². The van der Waals surface area contributed by atoms with Crippen molar-refractivity contribution in [1.29, 1.82) is 5.26 Å². The van der Waals surface area contributed by atoms with Crippen LogP contribution in [-0.2, 0) is 0 Å². The Kier molecular flexibility index (Phi) is 3.54. The average Bonchev–Trinajstić information content (AvgIpc) is 2.43. The molecule has 0 atom stereocenters. The van der Waals surface area contributed by atoms with Gasteiger partial charge in [0.25, 0.3) is 0 Å². The molecule has 0 aliphatic heterocycles. The third-order valence-electron chi connectivity index (χ3n) is 2.46. The van der Waals surface area contributed by atoms with Crippen molar-refractivity contribution in [3.05, 3.63) is 41.3 Å². The molecule has 0 saturated carbocycles. The molecule has 1 aromatic heterocycles. The zero-order valence-electron chi connectivity index (χ0n) is 10.1. The van der Waals surface area contributed by atoms with Crippen molar-refractivity contribution >= 4 is 17.5 Å². The third-order valence-corrected chi connectivity index (χ3v) is 2.46. The molecule has 19 heavy (non-hydrogen) atoms. The third kappa shape index (κ3) is 2.75. The van der Waals surface area contributed by atoms with Crippen LogP contribution < -0.4 is 16.6 Å². The summed E-state index contributed by atoms with van der Waals surface area (Å²) >= 11 is 0. The summed E-state index contributed by atoms with van der Waals surface area (Å²) in [6, 6.07) is 5.82. The summed E-state index contributed by atoms with van der Waals surface area (Å²) in [7, 11) is 0. The number of nitrogen functional groups attached to an aromatic ring is 1. The van der Waals surface area contributed by atoms with Gasteiger partial charge >= 0.3 is 0 Å². The second-order valence-electron chi connectivity index (χ2n) is 3.80. The van der Waals surface area contributed by atoms with E-state index in [0.717, 1.165) is 11.6 Å². The molecule has 1 aromatic carbocycles. The first-order valence-electron chi connectivity index (χ1n) is 5.41. The number of benzene rings is 1. The summed E-state index contributed by atoms with van der Waals surface area (Å²) in [6.45, 7) is 1.80. The number of anilines is 3. The number of aryl methyl sites for hydroxylation is 1. The van der Waals surface area contributed by atoms with Gasteiger partial charge in [-0.15, -0.1) is 0 Å². The lowest BCUT2D eigenvalue weighted by atomic mass is 10.2. The first-order chi connectivity index (χ1) is 9.13. The molecule has 0 aliphatic rings. The van der Waals surface area contributed by atoms with Crippen molar-refractivity contribution in [2.45, 2.75) is 6.92 Å². The zero-order chi connectivity index (χ0) is 13.8. The van der Waals surface area contributed by atoms with Gasteiger partial charge in [0.1, 0.15) is 17.7 Å². The van der Waals surface area contributed by atoms with Gasteiger partial charge in [0.15, 0.2) is 0 Å². The highest BCUT2D eigenvalue weighted by Crippen LogP contribution is 2.22. The molecule has 0 amide bonds. The quantitative estimate of drug-likeness (QED) is 0.573. The summed E-state index contributed by atoms with van der Waals surface area (Å²) in [5.41, 5.74) is 3.76. The molecule has 7 heteroatoms. The molecule has 0 aliphatic carbocycles. The van der Waals surface area contributed by atoms with Crippen LogP contribution in [0.1, 0.15) is 11.1 Å². The Hall–Kier alpha value is -2.72. The number of nitrogens with two attached hydrogens (primary N) is 1. The predicted molar refractivity (Wildman–Crippen MR) is 69.0 cm³/mol. The molecule has 0 spiro atoms. The monoisotopic (exact) mass is 258 g/mol. The fourth-order valence-electron chi connectivity index (χ4n) is 1.48. The Morgan fingerprint density at radius 3 is 2.89 bits per heavy atom. The van der Waals surface area contributed by atoms with Gasteiger partial charge in [0.05, 0.1) is 11.3 Å². The molecule has 1 heterocycles. The molecular formula is C12H11FN6. The van der Waals surface area contributed by atoms with Crippen LogP contribution in [0.5, 0.6) is 0 Å². The van der Waals surface area contributed by atoms with E-state index in [1.54, 1.807) is 13.1 Å². The minimum Gasteiger partial charge on any atom is -0.339 e. The number of rotatable bonds is 3. The second-order valence-corrected chi connectivity index (χ2v) is 3.80. The van der Waals surface area contributed by atoms with Gasteiger partial charge in [-0.25, -0.2) is 15.2 Å². The number of aromatic nitrogens is 2. The minimum atomic E-state index is -0.467. The molecule has 2 rings (SSSR count). The van der Waals surface area contributed by atoms with E-state index >= 15 is 0 Å². The Labute approximate surface area is 109 Å². The van der Waals surface area contributed by atoms with E-state index in [0.29, 0.717) is 11.5 Å². The molecule has 0 unspecified atom stereocenters. The number of nitrogens with zero attached hydrogens (tertiary/aromatic N) is 3. The number of hydrazine groups is 1. The number of halogens is 1. The Morgan fingerprint density at radius 2 is 2.21 bits per heavy atom. The second kappa shape index (κ2) is 5.29. The van der Waals surface area contributed by atoms with Crippen LogP contribution in [0, 0.1) is 24.1 Å². The van der Waals surface area contributed by atoms with Crippen LogP contribution >= 0.6 is 0 Å². The molecule has 6 nitrogen and oxygen atoms in total. The van der Waals surface area contributed by atoms with E-state index in [1.165, 1.54) is 12.1 Å². The smallest absolute Gasteiger partial charge is 0.239 e. The summed E-state index contributed by atoms with van der Waals surface area (Å²) < 4.78 is 13.0. The first-order valence-corrected chi connectivity index (χ1v) is 5.41. The maximum Gasteiger partial charge on any atom is 0.239 e. The highest BCUT2D eigenvalue weighted by molar-refractivity contribution is 5.66. The van der Waals surface area contributed by atoms with Gasteiger partial charge in [-0.3, -0.25) is 5.43 Å². The van der Waals surface area contributed by atoms with Crippen molar-refractivity contribution in [3.63, 3.8) is 0 Å². The molecule has 0 bridgehead atoms. The van der Waals surface area contributed by atoms with Crippen LogP contribution in [0.2, 0.25) is 0 Å². The Balaban J connectivity index is 2.39. The normalized spacial score (nSPS) is 9.79. The summed E-state index contributed by atoms with van der Waals surface area (Å²) in [5, 5.41) is 11.9. The lowest BCUT2D eigenvalue weighted by Gasteiger charge is -2.10. The number of hydrogen-bond donors (Lipinski definition) is 3. The van der Waals surface area contributed by atoms with Gasteiger partial charge in [0, 0.05) is 11.8 Å². The van der Waals surface area contributed by atoms with Crippen LogP contribution in [-0.4, -0.2) is 9.97 Å². The van der Waals surface area contributed by atoms with Gasteiger partial charge in [0.2, 0.25) is 5.95 Å². The molecule has 4 N–H and O–H groups in total. The fourth-order valence-corrected chi connectivity index (χ4v) is 1.48. The average molecular weight is 258 g/mol. The number of hydrogen-bond acceptors (Lipinski definition) is 6.